The number of H-pyrrole nitrogens is 1. The molecule has 1 fully saturated rings. The van der Waals surface area contributed by atoms with E-state index in [1.54, 1.807) is 0 Å². The predicted molar refractivity (Wildman–Crippen MR) is 138 cm³/mol. The maximum atomic E-state index is 6.10. The molecule has 2 aromatic carbocycles. The Kier molecular flexibility index (Phi) is 8.90. The Morgan fingerprint density at radius 3 is 2.81 bits per heavy atom. The van der Waals surface area contributed by atoms with E-state index >= 15 is 0 Å². The monoisotopic (exact) mass is 546 g/mol. The van der Waals surface area contributed by atoms with E-state index in [0.717, 1.165) is 53.3 Å². The number of aromatic nitrogens is 3. The first kappa shape index (κ1) is 24.0. The van der Waals surface area contributed by atoms with Gasteiger partial charge >= 0.3 is 0 Å². The van der Waals surface area contributed by atoms with E-state index in [0.29, 0.717) is 13.1 Å². The van der Waals surface area contributed by atoms with Crippen molar-refractivity contribution in [1.82, 2.24) is 25.8 Å². The standard InChI is InChI=1S/C24H30N6O.HI/c1-3-25-24(26-13-19-5-4-6-20(12-19)23-28-16-29-30-23)27-14-21-10-7-17(2)11-22(21)31-15-18-8-9-18;/h4-7,10-12,16,18H,3,8-9,13-15H2,1-2H3,(H2,25,26,27)(H,28,29,30);1H. The second-order valence-electron chi connectivity index (χ2n) is 7.95. The minimum absolute atomic E-state index is 0. The summed E-state index contributed by atoms with van der Waals surface area (Å²) < 4.78 is 6.10. The number of rotatable bonds is 9. The number of halogens is 1. The fraction of sp³-hybridized carbons (Fsp3) is 0.375. The van der Waals surface area contributed by atoms with Gasteiger partial charge in [0.2, 0.25) is 0 Å². The quantitative estimate of drug-likeness (QED) is 0.210. The number of nitrogens with zero attached hydrogens (tertiary/aromatic N) is 3. The van der Waals surface area contributed by atoms with Crippen molar-refractivity contribution in [3.05, 3.63) is 65.5 Å². The highest BCUT2D eigenvalue weighted by Gasteiger charge is 2.22. The molecule has 1 saturated carbocycles. The van der Waals surface area contributed by atoms with Crippen LogP contribution < -0.4 is 15.4 Å². The van der Waals surface area contributed by atoms with E-state index in [9.17, 15) is 0 Å². The largest absolute Gasteiger partial charge is 0.493 e. The minimum Gasteiger partial charge on any atom is -0.493 e. The average Bonchev–Trinajstić information content (AvgIpc) is 3.45. The van der Waals surface area contributed by atoms with Gasteiger partial charge in [-0.25, -0.2) is 9.98 Å². The molecular weight excluding hydrogens is 515 g/mol. The second kappa shape index (κ2) is 11.8. The van der Waals surface area contributed by atoms with Gasteiger partial charge in [-0.2, -0.15) is 5.10 Å². The SMILES string of the molecule is CCNC(=NCc1cccc(-c2ncn[nH]2)c1)NCc1ccc(C)cc1OCC1CC1.I. The van der Waals surface area contributed by atoms with E-state index in [4.69, 9.17) is 9.73 Å². The zero-order chi connectivity index (χ0) is 21.5. The molecule has 1 aliphatic rings. The molecule has 0 aliphatic heterocycles. The molecule has 1 heterocycles. The van der Waals surface area contributed by atoms with E-state index < -0.39 is 0 Å². The van der Waals surface area contributed by atoms with E-state index in [1.165, 1.54) is 24.7 Å². The zero-order valence-corrected chi connectivity index (χ0v) is 20.9. The Labute approximate surface area is 206 Å². The first-order valence-corrected chi connectivity index (χ1v) is 10.9. The molecule has 1 aromatic heterocycles. The van der Waals surface area contributed by atoms with Crippen LogP contribution in [0.1, 0.15) is 36.5 Å². The number of hydrogen-bond donors (Lipinski definition) is 3. The lowest BCUT2D eigenvalue weighted by Crippen LogP contribution is -2.36. The van der Waals surface area contributed by atoms with Crippen LogP contribution >= 0.6 is 24.0 Å². The first-order valence-electron chi connectivity index (χ1n) is 10.9. The summed E-state index contributed by atoms with van der Waals surface area (Å²) in [6.07, 6.45) is 4.09. The summed E-state index contributed by atoms with van der Waals surface area (Å²) in [6.45, 7) is 6.99. The molecule has 8 heteroatoms. The molecule has 0 saturated heterocycles. The lowest BCUT2D eigenvalue weighted by Gasteiger charge is -2.15. The molecule has 0 unspecified atom stereocenters. The lowest BCUT2D eigenvalue weighted by atomic mass is 10.1. The third kappa shape index (κ3) is 6.94. The molecule has 170 valence electrons. The van der Waals surface area contributed by atoms with Crippen LogP contribution in [0.25, 0.3) is 11.4 Å². The van der Waals surface area contributed by atoms with Gasteiger partial charge in [0, 0.05) is 24.2 Å². The van der Waals surface area contributed by atoms with Crippen molar-refractivity contribution in [3.63, 3.8) is 0 Å². The van der Waals surface area contributed by atoms with Gasteiger partial charge in [0.25, 0.3) is 0 Å². The Bertz CT molecular complexity index is 1020. The smallest absolute Gasteiger partial charge is 0.191 e. The number of aryl methyl sites for hydroxylation is 1. The normalized spacial score (nSPS) is 13.4. The number of hydrogen-bond acceptors (Lipinski definition) is 4. The van der Waals surface area contributed by atoms with Crippen LogP contribution in [0.5, 0.6) is 5.75 Å². The maximum Gasteiger partial charge on any atom is 0.191 e. The number of aromatic amines is 1. The Morgan fingerprint density at radius 2 is 2.06 bits per heavy atom. The van der Waals surface area contributed by atoms with Crippen LogP contribution in [-0.4, -0.2) is 34.3 Å². The van der Waals surface area contributed by atoms with Crippen molar-refractivity contribution >= 4 is 29.9 Å². The number of guanidine groups is 1. The first-order chi connectivity index (χ1) is 15.2. The van der Waals surface area contributed by atoms with Crippen LogP contribution in [0.4, 0.5) is 0 Å². The average molecular weight is 546 g/mol. The van der Waals surface area contributed by atoms with E-state index in [1.807, 2.05) is 12.1 Å². The van der Waals surface area contributed by atoms with Crippen LogP contribution in [0.15, 0.2) is 53.8 Å². The van der Waals surface area contributed by atoms with Gasteiger partial charge in [0.05, 0.1) is 13.2 Å². The molecule has 0 amide bonds. The highest BCUT2D eigenvalue weighted by molar-refractivity contribution is 14.0. The van der Waals surface area contributed by atoms with E-state index in [2.05, 4.69) is 70.0 Å². The lowest BCUT2D eigenvalue weighted by molar-refractivity contribution is 0.296. The van der Waals surface area contributed by atoms with Crippen LogP contribution in [0, 0.1) is 12.8 Å². The molecule has 1 aliphatic carbocycles. The van der Waals surface area contributed by atoms with Gasteiger partial charge < -0.3 is 15.4 Å². The molecular formula is C24H31IN6O. The van der Waals surface area contributed by atoms with Crippen molar-refractivity contribution in [1.29, 1.82) is 0 Å². The van der Waals surface area contributed by atoms with Gasteiger partial charge in [-0.15, -0.1) is 24.0 Å². The Balaban J connectivity index is 0.00000289. The maximum absolute atomic E-state index is 6.10. The third-order valence-corrected chi connectivity index (χ3v) is 5.22. The van der Waals surface area contributed by atoms with Crippen molar-refractivity contribution in [2.24, 2.45) is 10.9 Å². The molecule has 0 spiro atoms. The molecule has 0 bridgehead atoms. The van der Waals surface area contributed by atoms with Gasteiger partial charge in [-0.3, -0.25) is 5.10 Å². The highest BCUT2D eigenvalue weighted by Crippen LogP contribution is 2.30. The number of nitrogens with one attached hydrogen (secondary N) is 3. The summed E-state index contributed by atoms with van der Waals surface area (Å²) >= 11 is 0. The van der Waals surface area contributed by atoms with Gasteiger partial charge in [0.15, 0.2) is 11.8 Å². The summed E-state index contributed by atoms with van der Waals surface area (Å²) in [5, 5.41) is 13.6. The molecule has 0 atom stereocenters. The predicted octanol–water partition coefficient (Wildman–Crippen LogP) is 4.44. The highest BCUT2D eigenvalue weighted by atomic mass is 127. The van der Waals surface area contributed by atoms with Gasteiger partial charge in [-0.1, -0.05) is 30.3 Å². The van der Waals surface area contributed by atoms with Crippen molar-refractivity contribution < 1.29 is 4.74 Å². The fourth-order valence-electron chi connectivity index (χ4n) is 3.29. The summed E-state index contributed by atoms with van der Waals surface area (Å²) in [5.74, 6) is 3.23. The van der Waals surface area contributed by atoms with Crippen molar-refractivity contribution in [2.75, 3.05) is 13.2 Å². The summed E-state index contributed by atoms with van der Waals surface area (Å²) in [6, 6.07) is 14.6. The van der Waals surface area contributed by atoms with Gasteiger partial charge in [-0.05, 0) is 55.9 Å². The van der Waals surface area contributed by atoms with Crippen molar-refractivity contribution in [2.45, 2.75) is 39.8 Å². The molecule has 3 N–H and O–H groups in total. The zero-order valence-electron chi connectivity index (χ0n) is 18.6. The number of benzene rings is 2. The number of aliphatic imine (C=N–C) groups is 1. The van der Waals surface area contributed by atoms with Crippen LogP contribution in [0.2, 0.25) is 0 Å². The molecule has 32 heavy (non-hydrogen) atoms. The topological polar surface area (TPSA) is 87.2 Å². The van der Waals surface area contributed by atoms with E-state index in [-0.39, 0.29) is 24.0 Å². The molecule has 7 nitrogen and oxygen atoms in total. The van der Waals surface area contributed by atoms with Crippen LogP contribution in [-0.2, 0) is 13.1 Å². The van der Waals surface area contributed by atoms with Crippen LogP contribution in [0.3, 0.4) is 0 Å². The third-order valence-electron chi connectivity index (χ3n) is 5.22. The number of ether oxygens (including phenoxy) is 1. The second-order valence-corrected chi connectivity index (χ2v) is 7.95. The summed E-state index contributed by atoms with van der Waals surface area (Å²) in [5.41, 5.74) is 4.46. The Morgan fingerprint density at radius 1 is 1.19 bits per heavy atom. The van der Waals surface area contributed by atoms with Gasteiger partial charge in [0.1, 0.15) is 12.1 Å². The fourth-order valence-corrected chi connectivity index (χ4v) is 3.29. The molecule has 0 radical (unpaired) electrons. The minimum atomic E-state index is 0. The molecule has 4 rings (SSSR count). The summed E-state index contributed by atoms with van der Waals surface area (Å²) in [7, 11) is 0. The summed E-state index contributed by atoms with van der Waals surface area (Å²) in [4.78, 5) is 8.98. The molecule has 3 aromatic rings. The Hall–Kier alpha value is -2.62. The van der Waals surface area contributed by atoms with Crippen molar-refractivity contribution in [3.8, 4) is 17.1 Å².